The van der Waals surface area contributed by atoms with Crippen molar-refractivity contribution in [1.29, 1.82) is 0 Å². The average molecular weight is 351 g/mol. The third-order valence-corrected chi connectivity index (χ3v) is 5.31. The highest BCUT2D eigenvalue weighted by Crippen LogP contribution is 2.32. The molecule has 0 aliphatic carbocycles. The van der Waals surface area contributed by atoms with Crippen molar-refractivity contribution in [2.45, 2.75) is 45.6 Å². The van der Waals surface area contributed by atoms with Crippen molar-refractivity contribution in [2.24, 2.45) is 0 Å². The molecule has 1 aliphatic heterocycles. The molecule has 3 aromatic rings. The van der Waals surface area contributed by atoms with E-state index >= 15 is 0 Å². The highest BCUT2D eigenvalue weighted by molar-refractivity contribution is 5.98. The number of nitrogens with zero attached hydrogens (tertiary/aromatic N) is 1. The number of halogens is 1. The van der Waals surface area contributed by atoms with Gasteiger partial charge in [0.05, 0.1) is 12.7 Å². The summed E-state index contributed by atoms with van der Waals surface area (Å²) in [6.07, 6.45) is 4.54. The third-order valence-electron chi connectivity index (χ3n) is 5.31. The number of carbonyl (C=O) groups is 1. The van der Waals surface area contributed by atoms with Crippen LogP contribution in [0.4, 0.5) is 10.1 Å². The fraction of sp³-hybridized carbons (Fsp3) is 0.318. The van der Waals surface area contributed by atoms with Gasteiger partial charge in [0, 0.05) is 22.7 Å². The molecule has 2 aromatic carbocycles. The fourth-order valence-electron chi connectivity index (χ4n) is 3.83. The normalized spacial score (nSPS) is 16.7. The number of benzene rings is 2. The van der Waals surface area contributed by atoms with Crippen molar-refractivity contribution in [3.8, 4) is 0 Å². The number of anilines is 1. The molecule has 0 radical (unpaired) electrons. The summed E-state index contributed by atoms with van der Waals surface area (Å²) in [5.74, 6) is -0.228. The van der Waals surface area contributed by atoms with Gasteiger partial charge in [-0.25, -0.2) is 4.39 Å². The topological polar surface area (TPSA) is 33.5 Å². The number of fused-ring (bicyclic) bond motifs is 2. The molecule has 2 heterocycles. The van der Waals surface area contributed by atoms with Crippen molar-refractivity contribution in [3.63, 3.8) is 0 Å². The molecule has 0 saturated carbocycles. The van der Waals surface area contributed by atoms with Crippen molar-refractivity contribution in [2.75, 3.05) is 4.90 Å². The van der Waals surface area contributed by atoms with Crippen LogP contribution in [-0.2, 0) is 24.1 Å². The summed E-state index contributed by atoms with van der Waals surface area (Å²) < 4.78 is 19.2. The second kappa shape index (κ2) is 6.60. The molecule has 0 bridgehead atoms. The largest absolute Gasteiger partial charge is 0.464 e. The molecule has 4 rings (SSSR count). The maximum Gasteiger partial charge on any atom is 0.231 e. The number of amides is 1. The number of carbonyl (C=O) groups excluding carboxylic acids is 1. The van der Waals surface area contributed by atoms with E-state index in [1.54, 1.807) is 18.4 Å². The predicted molar refractivity (Wildman–Crippen MR) is 101 cm³/mol. The van der Waals surface area contributed by atoms with Crippen molar-refractivity contribution < 1.29 is 13.6 Å². The Morgan fingerprint density at radius 1 is 1.27 bits per heavy atom. The van der Waals surface area contributed by atoms with Gasteiger partial charge in [0.1, 0.15) is 11.4 Å². The van der Waals surface area contributed by atoms with Gasteiger partial charge in [-0.15, -0.1) is 0 Å². The molecular weight excluding hydrogens is 329 g/mol. The molecule has 0 N–H and O–H groups in total. The number of hydrogen-bond acceptors (Lipinski definition) is 2. The second-order valence-corrected chi connectivity index (χ2v) is 7.05. The molecule has 0 spiro atoms. The van der Waals surface area contributed by atoms with E-state index in [1.807, 2.05) is 17.9 Å². The number of furan rings is 1. The Morgan fingerprint density at radius 3 is 2.92 bits per heavy atom. The van der Waals surface area contributed by atoms with Gasteiger partial charge in [0.25, 0.3) is 0 Å². The minimum atomic E-state index is -0.251. The molecule has 134 valence electrons. The number of hydrogen-bond donors (Lipinski definition) is 0. The van der Waals surface area contributed by atoms with Crippen LogP contribution in [-0.4, -0.2) is 11.9 Å². The first-order valence-corrected chi connectivity index (χ1v) is 9.16. The molecule has 0 fully saturated rings. The van der Waals surface area contributed by atoms with Crippen molar-refractivity contribution in [3.05, 3.63) is 65.2 Å². The molecular formula is C22H22FNO2. The number of rotatable bonds is 3. The highest BCUT2D eigenvalue weighted by Gasteiger charge is 2.29. The summed E-state index contributed by atoms with van der Waals surface area (Å²) in [7, 11) is 0. The Morgan fingerprint density at radius 2 is 2.12 bits per heavy atom. The Kier molecular flexibility index (Phi) is 4.27. The van der Waals surface area contributed by atoms with E-state index < -0.39 is 0 Å². The van der Waals surface area contributed by atoms with Crippen molar-refractivity contribution in [1.82, 2.24) is 0 Å². The molecule has 1 atom stereocenters. The first kappa shape index (κ1) is 16.8. The lowest BCUT2D eigenvalue weighted by atomic mass is 9.95. The van der Waals surface area contributed by atoms with E-state index in [-0.39, 0.29) is 24.2 Å². The van der Waals surface area contributed by atoms with Crippen LogP contribution in [0.5, 0.6) is 0 Å². The first-order chi connectivity index (χ1) is 12.6. The Labute approximate surface area is 152 Å². The van der Waals surface area contributed by atoms with Crippen LogP contribution < -0.4 is 4.90 Å². The quantitative estimate of drug-likeness (QED) is 0.662. The second-order valence-electron chi connectivity index (χ2n) is 7.05. The van der Waals surface area contributed by atoms with E-state index in [1.165, 1.54) is 11.6 Å². The van der Waals surface area contributed by atoms with E-state index in [0.29, 0.717) is 0 Å². The minimum Gasteiger partial charge on any atom is -0.464 e. The van der Waals surface area contributed by atoms with Gasteiger partial charge >= 0.3 is 0 Å². The SMILES string of the molecule is CCc1ccc2occ(CC(=O)N3c4ccc(F)cc4CCC3C)c2c1. The standard InChI is InChI=1S/C22H22FNO2/c1-3-15-5-9-21-19(10-15)17(13-26-21)12-22(25)24-14(2)4-6-16-11-18(23)7-8-20(16)24/h5,7-11,13-14H,3-4,6,12H2,1-2H3. The summed E-state index contributed by atoms with van der Waals surface area (Å²) in [4.78, 5) is 14.9. The fourth-order valence-corrected chi connectivity index (χ4v) is 3.83. The van der Waals surface area contributed by atoms with Gasteiger partial charge in [-0.3, -0.25) is 4.79 Å². The van der Waals surface area contributed by atoms with Crippen LogP contribution in [0.2, 0.25) is 0 Å². The lowest BCUT2D eigenvalue weighted by Gasteiger charge is -2.35. The van der Waals surface area contributed by atoms with Crippen LogP contribution in [0.1, 0.15) is 37.0 Å². The van der Waals surface area contributed by atoms with Crippen LogP contribution in [0, 0.1) is 5.82 Å². The molecule has 4 heteroatoms. The minimum absolute atomic E-state index is 0.0228. The Hall–Kier alpha value is -2.62. The van der Waals surface area contributed by atoms with Crippen LogP contribution in [0.15, 0.2) is 47.1 Å². The maximum absolute atomic E-state index is 13.6. The number of aryl methyl sites for hydroxylation is 2. The molecule has 0 saturated heterocycles. The highest BCUT2D eigenvalue weighted by atomic mass is 19.1. The zero-order valence-corrected chi connectivity index (χ0v) is 15.1. The molecule has 1 aromatic heterocycles. The summed E-state index contributed by atoms with van der Waals surface area (Å²) in [6, 6.07) is 10.9. The molecule has 1 amide bonds. The summed E-state index contributed by atoms with van der Waals surface area (Å²) >= 11 is 0. The summed E-state index contributed by atoms with van der Waals surface area (Å²) in [5.41, 5.74) is 4.67. The Bertz CT molecular complexity index is 975. The van der Waals surface area contributed by atoms with E-state index in [0.717, 1.165) is 47.0 Å². The van der Waals surface area contributed by atoms with Gasteiger partial charge in [-0.1, -0.05) is 13.0 Å². The molecule has 1 unspecified atom stereocenters. The Balaban J connectivity index is 1.67. The van der Waals surface area contributed by atoms with Crippen LogP contribution in [0.3, 0.4) is 0 Å². The smallest absolute Gasteiger partial charge is 0.231 e. The zero-order valence-electron chi connectivity index (χ0n) is 15.1. The van der Waals surface area contributed by atoms with Gasteiger partial charge in [-0.05, 0) is 67.6 Å². The van der Waals surface area contributed by atoms with E-state index in [4.69, 9.17) is 4.42 Å². The van der Waals surface area contributed by atoms with Crippen LogP contribution in [0.25, 0.3) is 11.0 Å². The van der Waals surface area contributed by atoms with Gasteiger partial charge in [-0.2, -0.15) is 0 Å². The zero-order chi connectivity index (χ0) is 18.3. The predicted octanol–water partition coefficient (Wildman–Crippen LogP) is 5.04. The summed E-state index contributed by atoms with van der Waals surface area (Å²) in [5, 5.41) is 1.00. The van der Waals surface area contributed by atoms with E-state index in [9.17, 15) is 9.18 Å². The van der Waals surface area contributed by atoms with E-state index in [2.05, 4.69) is 19.1 Å². The van der Waals surface area contributed by atoms with Crippen LogP contribution >= 0.6 is 0 Å². The molecule has 1 aliphatic rings. The van der Waals surface area contributed by atoms with Gasteiger partial charge in [0.2, 0.25) is 5.91 Å². The lowest BCUT2D eigenvalue weighted by Crippen LogP contribution is -2.43. The van der Waals surface area contributed by atoms with Gasteiger partial charge in [0.15, 0.2) is 0 Å². The first-order valence-electron chi connectivity index (χ1n) is 9.16. The third kappa shape index (κ3) is 2.90. The lowest BCUT2D eigenvalue weighted by molar-refractivity contribution is -0.118. The molecule has 3 nitrogen and oxygen atoms in total. The molecule has 26 heavy (non-hydrogen) atoms. The monoisotopic (exact) mass is 351 g/mol. The maximum atomic E-state index is 13.6. The average Bonchev–Trinajstić information content (AvgIpc) is 3.03. The van der Waals surface area contributed by atoms with Crippen molar-refractivity contribution >= 4 is 22.6 Å². The van der Waals surface area contributed by atoms with Gasteiger partial charge < -0.3 is 9.32 Å². The summed E-state index contributed by atoms with van der Waals surface area (Å²) in [6.45, 7) is 4.16.